The lowest BCUT2D eigenvalue weighted by Crippen LogP contribution is -2.38. The van der Waals surface area contributed by atoms with Crippen LogP contribution in [0.4, 0.5) is 5.69 Å². The van der Waals surface area contributed by atoms with E-state index in [0.717, 1.165) is 0 Å². The fourth-order valence-electron chi connectivity index (χ4n) is 1.38. The van der Waals surface area contributed by atoms with E-state index in [1.807, 2.05) is 0 Å². The smallest absolute Gasteiger partial charge is 0.243 e. The van der Waals surface area contributed by atoms with Crippen LogP contribution < -0.4 is 16.0 Å². The summed E-state index contributed by atoms with van der Waals surface area (Å²) in [7, 11) is 1.78. The third-order valence-electron chi connectivity index (χ3n) is 2.33. The molecule has 0 bridgehead atoms. The number of carbonyl (C=O) groups is 2. The van der Waals surface area contributed by atoms with Crippen molar-refractivity contribution in [3.63, 3.8) is 0 Å². The Bertz CT molecular complexity index is 394. The molecule has 0 radical (unpaired) electrons. The van der Waals surface area contributed by atoms with Gasteiger partial charge in [-0.3, -0.25) is 14.6 Å². The van der Waals surface area contributed by atoms with Crippen molar-refractivity contribution in [2.24, 2.45) is 5.92 Å². The van der Waals surface area contributed by atoms with Crippen molar-refractivity contribution in [2.75, 3.05) is 25.5 Å². The molecule has 0 aliphatic heterocycles. The zero-order valence-electron chi connectivity index (χ0n) is 10.6. The summed E-state index contributed by atoms with van der Waals surface area (Å²) in [5.41, 5.74) is 0.611. The van der Waals surface area contributed by atoms with Crippen molar-refractivity contribution in [2.45, 2.75) is 6.92 Å². The zero-order chi connectivity index (χ0) is 13.4. The topological polar surface area (TPSA) is 83.1 Å². The van der Waals surface area contributed by atoms with Gasteiger partial charge >= 0.3 is 0 Å². The Morgan fingerprint density at radius 3 is 2.83 bits per heavy atom. The number of pyridine rings is 1. The zero-order valence-corrected chi connectivity index (χ0v) is 10.6. The molecule has 1 heterocycles. The summed E-state index contributed by atoms with van der Waals surface area (Å²) in [6.45, 7) is 2.34. The summed E-state index contributed by atoms with van der Waals surface area (Å²) in [6.07, 6.45) is 3.17. The average Bonchev–Trinajstić information content (AvgIpc) is 2.37. The van der Waals surface area contributed by atoms with Gasteiger partial charge in [0.15, 0.2) is 0 Å². The van der Waals surface area contributed by atoms with Crippen molar-refractivity contribution in [1.82, 2.24) is 15.6 Å². The van der Waals surface area contributed by atoms with Crippen molar-refractivity contribution < 1.29 is 9.59 Å². The number of anilines is 1. The second-order valence-corrected chi connectivity index (χ2v) is 3.97. The van der Waals surface area contributed by atoms with Gasteiger partial charge in [0, 0.05) is 18.7 Å². The van der Waals surface area contributed by atoms with E-state index >= 15 is 0 Å². The van der Waals surface area contributed by atoms with E-state index in [4.69, 9.17) is 0 Å². The van der Waals surface area contributed by atoms with E-state index < -0.39 is 0 Å². The van der Waals surface area contributed by atoms with Gasteiger partial charge < -0.3 is 16.0 Å². The Hall–Kier alpha value is -1.95. The molecule has 6 nitrogen and oxygen atoms in total. The van der Waals surface area contributed by atoms with E-state index in [1.54, 1.807) is 38.5 Å². The number of aromatic nitrogens is 1. The quantitative estimate of drug-likeness (QED) is 0.663. The first-order valence-electron chi connectivity index (χ1n) is 5.75. The molecule has 0 saturated carbocycles. The molecule has 98 valence electrons. The third-order valence-corrected chi connectivity index (χ3v) is 2.33. The predicted octanol–water partition coefficient (Wildman–Crippen LogP) is -0.00820. The largest absolute Gasteiger partial charge is 0.347 e. The molecule has 0 saturated heterocycles. The van der Waals surface area contributed by atoms with Crippen LogP contribution in [0.3, 0.4) is 0 Å². The van der Waals surface area contributed by atoms with Crippen LogP contribution in [0.15, 0.2) is 24.5 Å². The van der Waals surface area contributed by atoms with Gasteiger partial charge in [-0.2, -0.15) is 0 Å². The van der Waals surface area contributed by atoms with Crippen LogP contribution in [0.25, 0.3) is 0 Å². The van der Waals surface area contributed by atoms with E-state index in [-0.39, 0.29) is 24.3 Å². The SMILES string of the molecule is CNCC(C)C(=O)NCC(=O)Nc1cccnc1. The molecule has 1 atom stereocenters. The van der Waals surface area contributed by atoms with E-state index in [1.165, 1.54) is 0 Å². The lowest BCUT2D eigenvalue weighted by Gasteiger charge is -2.11. The lowest BCUT2D eigenvalue weighted by molar-refractivity contribution is -0.126. The van der Waals surface area contributed by atoms with Crippen LogP contribution in [0.1, 0.15) is 6.92 Å². The van der Waals surface area contributed by atoms with E-state index in [2.05, 4.69) is 20.9 Å². The number of hydrogen-bond donors (Lipinski definition) is 3. The molecule has 1 aromatic rings. The van der Waals surface area contributed by atoms with E-state index in [9.17, 15) is 9.59 Å². The summed E-state index contributed by atoms with van der Waals surface area (Å²) < 4.78 is 0. The molecule has 0 aliphatic rings. The highest BCUT2D eigenvalue weighted by Gasteiger charge is 2.12. The highest BCUT2D eigenvalue weighted by atomic mass is 16.2. The first-order valence-corrected chi connectivity index (χ1v) is 5.75. The summed E-state index contributed by atoms with van der Waals surface area (Å²) in [6, 6.07) is 3.46. The Morgan fingerprint density at radius 1 is 1.44 bits per heavy atom. The van der Waals surface area contributed by atoms with Crippen molar-refractivity contribution in [1.29, 1.82) is 0 Å². The first kappa shape index (κ1) is 14.1. The Kier molecular flexibility index (Phi) is 5.79. The molecule has 0 aliphatic carbocycles. The molecule has 1 aromatic heterocycles. The van der Waals surface area contributed by atoms with Crippen LogP contribution in [-0.2, 0) is 9.59 Å². The maximum atomic E-state index is 11.5. The van der Waals surface area contributed by atoms with Gasteiger partial charge in [-0.05, 0) is 19.2 Å². The van der Waals surface area contributed by atoms with Crippen LogP contribution in [0.5, 0.6) is 0 Å². The van der Waals surface area contributed by atoms with Gasteiger partial charge in [0.1, 0.15) is 0 Å². The first-order chi connectivity index (χ1) is 8.63. The number of amides is 2. The normalized spacial score (nSPS) is 11.7. The number of hydrogen-bond acceptors (Lipinski definition) is 4. The molecule has 1 rings (SSSR count). The van der Waals surface area contributed by atoms with Gasteiger partial charge in [-0.25, -0.2) is 0 Å². The Balaban J connectivity index is 2.31. The molecule has 18 heavy (non-hydrogen) atoms. The fraction of sp³-hybridized carbons (Fsp3) is 0.417. The lowest BCUT2D eigenvalue weighted by atomic mass is 10.1. The maximum Gasteiger partial charge on any atom is 0.243 e. The van der Waals surface area contributed by atoms with Crippen LogP contribution >= 0.6 is 0 Å². The van der Waals surface area contributed by atoms with E-state index in [0.29, 0.717) is 12.2 Å². The third kappa shape index (κ3) is 4.92. The molecule has 1 unspecified atom stereocenters. The minimum Gasteiger partial charge on any atom is -0.347 e. The Morgan fingerprint density at radius 2 is 2.22 bits per heavy atom. The monoisotopic (exact) mass is 250 g/mol. The molecule has 2 amide bonds. The number of nitrogens with zero attached hydrogens (tertiary/aromatic N) is 1. The summed E-state index contributed by atoms with van der Waals surface area (Å²) in [4.78, 5) is 26.9. The number of carbonyl (C=O) groups excluding carboxylic acids is 2. The van der Waals surface area contributed by atoms with Crippen LogP contribution in [0.2, 0.25) is 0 Å². The molecular formula is C12H18N4O2. The van der Waals surface area contributed by atoms with Crippen LogP contribution in [-0.4, -0.2) is 36.9 Å². The average molecular weight is 250 g/mol. The molecule has 6 heteroatoms. The van der Waals surface area contributed by atoms with Crippen LogP contribution in [0, 0.1) is 5.92 Å². The molecule has 0 spiro atoms. The number of rotatable bonds is 6. The molecule has 0 aromatic carbocycles. The van der Waals surface area contributed by atoms with Crippen molar-refractivity contribution in [3.05, 3.63) is 24.5 Å². The van der Waals surface area contributed by atoms with Crippen molar-refractivity contribution in [3.8, 4) is 0 Å². The van der Waals surface area contributed by atoms with Crippen molar-refractivity contribution >= 4 is 17.5 Å². The summed E-state index contributed by atoms with van der Waals surface area (Å²) in [5.74, 6) is -0.583. The minimum absolute atomic E-state index is 0.0399. The van der Waals surface area contributed by atoms with Gasteiger partial charge in [0.05, 0.1) is 18.4 Å². The number of nitrogens with one attached hydrogen (secondary N) is 3. The van der Waals surface area contributed by atoms with Gasteiger partial charge in [0.25, 0.3) is 0 Å². The molecule has 3 N–H and O–H groups in total. The maximum absolute atomic E-state index is 11.5. The Labute approximate surface area is 106 Å². The molecular weight excluding hydrogens is 232 g/mol. The standard InChI is InChI=1S/C12H18N4O2/c1-9(6-13-2)12(18)15-8-11(17)16-10-4-3-5-14-7-10/h3-5,7,9,13H,6,8H2,1-2H3,(H,15,18)(H,16,17). The summed E-state index contributed by atoms with van der Waals surface area (Å²) >= 11 is 0. The van der Waals surface area contributed by atoms with Gasteiger partial charge in [-0.1, -0.05) is 6.92 Å². The second kappa shape index (κ2) is 7.39. The highest BCUT2D eigenvalue weighted by molar-refractivity contribution is 5.94. The fourth-order valence-corrected chi connectivity index (χ4v) is 1.38. The van der Waals surface area contributed by atoms with Gasteiger partial charge in [-0.15, -0.1) is 0 Å². The predicted molar refractivity (Wildman–Crippen MR) is 69.0 cm³/mol. The second-order valence-electron chi connectivity index (χ2n) is 3.97. The minimum atomic E-state index is -0.270. The highest BCUT2D eigenvalue weighted by Crippen LogP contribution is 2.01. The molecule has 0 fully saturated rings. The van der Waals surface area contributed by atoms with Gasteiger partial charge in [0.2, 0.25) is 11.8 Å². The summed E-state index contributed by atoms with van der Waals surface area (Å²) in [5, 5.41) is 8.12.